The van der Waals surface area contributed by atoms with Gasteiger partial charge in [-0.15, -0.1) is 0 Å². The quantitative estimate of drug-likeness (QED) is 0.391. The van der Waals surface area contributed by atoms with Crippen LogP contribution in [0.3, 0.4) is 0 Å². The van der Waals surface area contributed by atoms with Crippen LogP contribution in [0.25, 0.3) is 0 Å². The van der Waals surface area contributed by atoms with E-state index in [0.717, 1.165) is 32.1 Å². The average molecular weight is 303 g/mol. The zero-order chi connectivity index (χ0) is 16.0. The predicted molar refractivity (Wildman–Crippen MR) is 79.5 cm³/mol. The van der Waals surface area contributed by atoms with E-state index < -0.39 is 0 Å². The average Bonchev–Trinajstić information content (AvgIpc) is 2.96. The SMILES string of the molecule is CC12CC(CCN=C=O)C(C1)C(CCCN=C=O)C2N=C=O. The largest absolute Gasteiger partial charge is 0.235 e. The van der Waals surface area contributed by atoms with Crippen molar-refractivity contribution in [2.75, 3.05) is 13.1 Å². The van der Waals surface area contributed by atoms with Crippen LogP contribution in [-0.2, 0) is 14.4 Å². The Morgan fingerprint density at radius 2 is 1.73 bits per heavy atom. The van der Waals surface area contributed by atoms with Crippen LogP contribution in [0.1, 0.15) is 39.0 Å². The predicted octanol–water partition coefficient (Wildman–Crippen LogP) is 2.20. The van der Waals surface area contributed by atoms with Crippen molar-refractivity contribution in [1.82, 2.24) is 0 Å². The van der Waals surface area contributed by atoms with Gasteiger partial charge in [0.15, 0.2) is 0 Å². The molecule has 2 bridgehead atoms. The minimum atomic E-state index is 0.0148. The fraction of sp³-hybridized carbons (Fsp3) is 0.812. The van der Waals surface area contributed by atoms with Crippen molar-refractivity contribution >= 4 is 18.2 Å². The van der Waals surface area contributed by atoms with Crippen molar-refractivity contribution < 1.29 is 14.4 Å². The van der Waals surface area contributed by atoms with Crippen LogP contribution in [0, 0.1) is 23.2 Å². The summed E-state index contributed by atoms with van der Waals surface area (Å²) in [6, 6.07) is 0.0148. The van der Waals surface area contributed by atoms with Gasteiger partial charge >= 0.3 is 0 Å². The monoisotopic (exact) mass is 303 g/mol. The van der Waals surface area contributed by atoms with Crippen molar-refractivity contribution in [2.45, 2.75) is 45.1 Å². The third-order valence-corrected chi connectivity index (χ3v) is 5.45. The van der Waals surface area contributed by atoms with Gasteiger partial charge < -0.3 is 0 Å². The lowest BCUT2D eigenvalue weighted by atomic mass is 9.70. The highest BCUT2D eigenvalue weighted by atomic mass is 16.1. The molecule has 0 radical (unpaired) electrons. The Labute approximate surface area is 129 Å². The molecule has 0 N–H and O–H groups in total. The molecule has 5 atom stereocenters. The maximum absolute atomic E-state index is 10.8. The van der Waals surface area contributed by atoms with Crippen LogP contribution >= 0.6 is 0 Å². The van der Waals surface area contributed by atoms with E-state index in [9.17, 15) is 14.4 Å². The summed E-state index contributed by atoms with van der Waals surface area (Å²) in [5.74, 6) is 1.33. The second-order valence-corrected chi connectivity index (χ2v) is 6.69. The van der Waals surface area contributed by atoms with Crippen molar-refractivity contribution in [2.24, 2.45) is 38.1 Å². The number of aliphatic imine (C=N–C) groups is 3. The molecule has 2 fully saturated rings. The lowest BCUT2D eigenvalue weighted by Gasteiger charge is -2.37. The van der Waals surface area contributed by atoms with Crippen molar-refractivity contribution in [3.05, 3.63) is 0 Å². The smallest absolute Gasteiger partial charge is 0.211 e. The summed E-state index contributed by atoms with van der Waals surface area (Å²) in [5.41, 5.74) is 0.0379. The first kappa shape index (κ1) is 16.5. The van der Waals surface area contributed by atoms with Crippen LogP contribution in [0.4, 0.5) is 0 Å². The maximum atomic E-state index is 10.8. The lowest BCUT2D eigenvalue weighted by Crippen LogP contribution is -2.36. The van der Waals surface area contributed by atoms with E-state index in [1.54, 1.807) is 18.2 Å². The van der Waals surface area contributed by atoms with Gasteiger partial charge in [-0.1, -0.05) is 6.92 Å². The molecule has 2 aliphatic carbocycles. The van der Waals surface area contributed by atoms with Gasteiger partial charge in [0, 0.05) is 0 Å². The minimum Gasteiger partial charge on any atom is -0.211 e. The Morgan fingerprint density at radius 1 is 1.00 bits per heavy atom. The Hall–Kier alpha value is -1.86. The molecule has 22 heavy (non-hydrogen) atoms. The second kappa shape index (κ2) is 7.42. The van der Waals surface area contributed by atoms with E-state index in [-0.39, 0.29) is 11.5 Å². The van der Waals surface area contributed by atoms with E-state index in [4.69, 9.17) is 0 Å². The molecule has 2 rings (SSSR count). The van der Waals surface area contributed by atoms with Crippen molar-refractivity contribution in [1.29, 1.82) is 0 Å². The molecular weight excluding hydrogens is 282 g/mol. The standard InChI is InChI=1S/C16H21N3O3/c1-16-7-12(4-6-18-10-21)14(8-16)13(15(16)19-11-22)3-2-5-17-9-20/h12-15H,2-8H2,1H3. The van der Waals surface area contributed by atoms with E-state index >= 15 is 0 Å². The number of nitrogens with zero attached hydrogens (tertiary/aromatic N) is 3. The molecule has 0 aromatic heterocycles. The topological polar surface area (TPSA) is 88.3 Å². The molecule has 0 aromatic carbocycles. The Morgan fingerprint density at radius 3 is 2.41 bits per heavy atom. The van der Waals surface area contributed by atoms with Gasteiger partial charge in [0.1, 0.15) is 0 Å². The lowest BCUT2D eigenvalue weighted by molar-refractivity contribution is 0.150. The highest BCUT2D eigenvalue weighted by molar-refractivity contribution is 5.35. The maximum Gasteiger partial charge on any atom is 0.235 e. The molecular formula is C16H21N3O3. The zero-order valence-electron chi connectivity index (χ0n) is 12.8. The molecule has 0 aliphatic heterocycles. The summed E-state index contributed by atoms with van der Waals surface area (Å²) in [4.78, 5) is 42.5. The molecule has 0 heterocycles. The van der Waals surface area contributed by atoms with Gasteiger partial charge in [0.2, 0.25) is 18.2 Å². The van der Waals surface area contributed by atoms with Gasteiger partial charge in [-0.05, 0) is 55.3 Å². The first-order valence-corrected chi connectivity index (χ1v) is 7.80. The summed E-state index contributed by atoms with van der Waals surface area (Å²) in [7, 11) is 0. The second-order valence-electron chi connectivity index (χ2n) is 6.69. The first-order chi connectivity index (χ1) is 10.7. The van der Waals surface area contributed by atoms with Gasteiger partial charge in [-0.25, -0.2) is 29.4 Å². The number of rotatable bonds is 8. The van der Waals surface area contributed by atoms with Crippen LogP contribution in [-0.4, -0.2) is 37.4 Å². The third kappa shape index (κ3) is 3.31. The van der Waals surface area contributed by atoms with E-state index in [2.05, 4.69) is 21.9 Å². The van der Waals surface area contributed by atoms with Gasteiger partial charge in [0.25, 0.3) is 0 Å². The molecule has 5 unspecified atom stereocenters. The molecule has 6 heteroatoms. The van der Waals surface area contributed by atoms with Gasteiger partial charge in [-0.3, -0.25) is 0 Å². The number of isocyanates is 3. The van der Waals surface area contributed by atoms with Gasteiger partial charge in [-0.2, -0.15) is 0 Å². The Kier molecular flexibility index (Phi) is 5.57. The zero-order valence-corrected chi connectivity index (χ0v) is 12.8. The Balaban J connectivity index is 2.07. The molecule has 0 saturated heterocycles. The summed E-state index contributed by atoms with van der Waals surface area (Å²) in [6.45, 7) is 3.18. The Bertz CT molecular complexity index is 545. The van der Waals surface area contributed by atoms with Crippen LogP contribution < -0.4 is 0 Å². The number of fused-ring (bicyclic) bond motifs is 2. The summed E-state index contributed by atoms with van der Waals surface area (Å²) in [6.07, 6.45) is 9.54. The molecule has 2 saturated carbocycles. The first-order valence-electron chi connectivity index (χ1n) is 7.80. The van der Waals surface area contributed by atoms with Gasteiger partial charge in [0.05, 0.1) is 19.1 Å². The highest BCUT2D eigenvalue weighted by Gasteiger charge is 2.58. The van der Waals surface area contributed by atoms with Crippen LogP contribution in [0.5, 0.6) is 0 Å². The summed E-state index contributed by atoms with van der Waals surface area (Å²) in [5, 5.41) is 0. The van der Waals surface area contributed by atoms with Crippen LogP contribution in [0.15, 0.2) is 15.0 Å². The van der Waals surface area contributed by atoms with E-state index in [0.29, 0.717) is 30.8 Å². The van der Waals surface area contributed by atoms with Crippen LogP contribution in [0.2, 0.25) is 0 Å². The number of carbonyl (C=O) groups excluding carboxylic acids is 3. The molecule has 0 amide bonds. The fourth-order valence-corrected chi connectivity index (χ4v) is 4.76. The number of hydrogen-bond acceptors (Lipinski definition) is 6. The highest BCUT2D eigenvalue weighted by Crippen LogP contribution is 2.62. The molecule has 0 aromatic rings. The molecule has 0 spiro atoms. The third-order valence-electron chi connectivity index (χ3n) is 5.45. The fourth-order valence-electron chi connectivity index (χ4n) is 4.76. The number of hydrogen-bond donors (Lipinski definition) is 0. The van der Waals surface area contributed by atoms with Crippen molar-refractivity contribution in [3.63, 3.8) is 0 Å². The van der Waals surface area contributed by atoms with E-state index in [1.165, 1.54) is 0 Å². The normalized spacial score (nSPS) is 35.3. The summed E-state index contributed by atoms with van der Waals surface area (Å²) >= 11 is 0. The molecule has 2 aliphatic rings. The minimum absolute atomic E-state index is 0.0148. The van der Waals surface area contributed by atoms with E-state index in [1.807, 2.05) is 0 Å². The molecule has 118 valence electrons. The summed E-state index contributed by atoms with van der Waals surface area (Å²) < 4.78 is 0. The van der Waals surface area contributed by atoms with Crippen molar-refractivity contribution in [3.8, 4) is 0 Å². The molecule has 6 nitrogen and oxygen atoms in total.